The van der Waals surface area contributed by atoms with E-state index in [0.717, 1.165) is 31.1 Å². The minimum Gasteiger partial charge on any atom is -0.298 e. The minimum absolute atomic E-state index is 0.556. The standard InChI is InChI=1S/C9H10Cl2OS/c1-13-9(11)7-4-2-3-6(5-12)8(7)10/h5H,2-4H2,1H3/b9-7+. The maximum Gasteiger partial charge on any atom is 0.147 e. The normalized spacial score (nSPS) is 21.8. The summed E-state index contributed by atoms with van der Waals surface area (Å²) in [6.07, 6.45) is 5.32. The smallest absolute Gasteiger partial charge is 0.147 e. The average Bonchev–Trinajstić information content (AvgIpc) is 2.17. The van der Waals surface area contributed by atoms with E-state index >= 15 is 0 Å². The summed E-state index contributed by atoms with van der Waals surface area (Å²) < 4.78 is 0.698. The molecule has 0 aromatic rings. The zero-order chi connectivity index (χ0) is 9.84. The lowest BCUT2D eigenvalue weighted by molar-refractivity contribution is -0.105. The molecule has 0 N–H and O–H groups in total. The molecule has 0 fully saturated rings. The molecule has 0 bridgehead atoms. The van der Waals surface area contributed by atoms with Gasteiger partial charge in [-0.05, 0) is 31.1 Å². The van der Waals surface area contributed by atoms with Gasteiger partial charge in [0, 0.05) is 5.57 Å². The van der Waals surface area contributed by atoms with Crippen molar-refractivity contribution in [2.45, 2.75) is 19.3 Å². The quantitative estimate of drug-likeness (QED) is 0.681. The Morgan fingerprint density at radius 2 is 2.23 bits per heavy atom. The molecule has 0 aromatic heterocycles. The fourth-order valence-electron chi connectivity index (χ4n) is 1.29. The van der Waals surface area contributed by atoms with Crippen LogP contribution in [0.15, 0.2) is 20.5 Å². The second kappa shape index (κ2) is 5.08. The first-order valence-electron chi connectivity index (χ1n) is 3.97. The van der Waals surface area contributed by atoms with Crippen molar-refractivity contribution in [2.24, 2.45) is 0 Å². The van der Waals surface area contributed by atoms with Gasteiger partial charge in [-0.25, -0.2) is 0 Å². The van der Waals surface area contributed by atoms with E-state index in [2.05, 4.69) is 0 Å². The van der Waals surface area contributed by atoms with Crippen LogP contribution in [0.2, 0.25) is 0 Å². The van der Waals surface area contributed by atoms with Gasteiger partial charge in [0.1, 0.15) is 6.29 Å². The predicted octanol–water partition coefficient (Wildman–Crippen LogP) is 3.68. The third-order valence-electron chi connectivity index (χ3n) is 1.98. The summed E-state index contributed by atoms with van der Waals surface area (Å²) in [7, 11) is 0. The zero-order valence-corrected chi connectivity index (χ0v) is 9.60. The Balaban J connectivity index is 3.08. The number of aldehydes is 1. The van der Waals surface area contributed by atoms with E-state index in [0.29, 0.717) is 15.0 Å². The maximum atomic E-state index is 10.6. The van der Waals surface area contributed by atoms with E-state index in [-0.39, 0.29) is 0 Å². The Hall–Kier alpha value is 0.0800. The van der Waals surface area contributed by atoms with Crippen LogP contribution in [0.3, 0.4) is 0 Å². The molecule has 13 heavy (non-hydrogen) atoms. The van der Waals surface area contributed by atoms with Gasteiger partial charge in [0.15, 0.2) is 0 Å². The van der Waals surface area contributed by atoms with Crippen LogP contribution >= 0.6 is 35.0 Å². The summed E-state index contributed by atoms with van der Waals surface area (Å²) >= 11 is 13.4. The highest BCUT2D eigenvalue weighted by Gasteiger charge is 2.17. The van der Waals surface area contributed by atoms with Gasteiger partial charge >= 0.3 is 0 Å². The molecule has 0 heterocycles. The first-order valence-corrected chi connectivity index (χ1v) is 5.95. The highest BCUT2D eigenvalue weighted by molar-refractivity contribution is 8.03. The molecule has 0 unspecified atom stereocenters. The van der Waals surface area contributed by atoms with Crippen molar-refractivity contribution in [3.63, 3.8) is 0 Å². The van der Waals surface area contributed by atoms with Crippen LogP contribution in [-0.2, 0) is 4.79 Å². The molecular formula is C9H10Cl2OS. The molecule has 0 amide bonds. The lowest BCUT2D eigenvalue weighted by atomic mass is 9.97. The summed E-state index contributed by atoms with van der Waals surface area (Å²) in [6.45, 7) is 0. The Morgan fingerprint density at radius 1 is 1.54 bits per heavy atom. The first kappa shape index (κ1) is 11.2. The molecule has 0 aliphatic heterocycles. The van der Waals surface area contributed by atoms with Crippen molar-refractivity contribution in [1.29, 1.82) is 0 Å². The molecule has 0 saturated carbocycles. The largest absolute Gasteiger partial charge is 0.298 e. The number of halogens is 2. The fourth-order valence-corrected chi connectivity index (χ4v) is 2.36. The average molecular weight is 237 g/mol. The molecule has 0 saturated heterocycles. The Morgan fingerprint density at radius 3 is 2.77 bits per heavy atom. The van der Waals surface area contributed by atoms with E-state index in [9.17, 15) is 4.79 Å². The van der Waals surface area contributed by atoms with Gasteiger partial charge in [0.2, 0.25) is 0 Å². The molecule has 0 atom stereocenters. The molecule has 0 spiro atoms. The van der Waals surface area contributed by atoms with Gasteiger partial charge in [-0.2, -0.15) is 0 Å². The van der Waals surface area contributed by atoms with Crippen molar-refractivity contribution in [1.82, 2.24) is 0 Å². The molecule has 0 radical (unpaired) electrons. The topological polar surface area (TPSA) is 17.1 Å². The Bertz CT molecular complexity index is 281. The SMILES string of the molecule is CS/C(Cl)=C1\CCCC(C=O)=C1Cl. The van der Waals surface area contributed by atoms with Crippen LogP contribution in [0, 0.1) is 0 Å². The van der Waals surface area contributed by atoms with Gasteiger partial charge in [-0.15, -0.1) is 11.8 Å². The van der Waals surface area contributed by atoms with Crippen molar-refractivity contribution in [3.05, 3.63) is 20.5 Å². The number of rotatable bonds is 2. The lowest BCUT2D eigenvalue weighted by Crippen LogP contribution is -2.01. The molecule has 1 rings (SSSR count). The van der Waals surface area contributed by atoms with E-state index in [1.54, 1.807) is 0 Å². The van der Waals surface area contributed by atoms with Gasteiger partial charge in [-0.1, -0.05) is 23.2 Å². The highest BCUT2D eigenvalue weighted by Crippen LogP contribution is 2.37. The van der Waals surface area contributed by atoms with E-state index in [1.165, 1.54) is 11.8 Å². The Labute approximate surface area is 92.2 Å². The van der Waals surface area contributed by atoms with Crippen LogP contribution in [0.4, 0.5) is 0 Å². The molecule has 72 valence electrons. The number of hydrogen-bond acceptors (Lipinski definition) is 2. The monoisotopic (exact) mass is 236 g/mol. The zero-order valence-electron chi connectivity index (χ0n) is 7.27. The van der Waals surface area contributed by atoms with Gasteiger partial charge in [0.05, 0.1) is 9.40 Å². The molecule has 1 nitrogen and oxygen atoms in total. The summed E-state index contributed by atoms with van der Waals surface area (Å²) in [5.74, 6) is 0. The van der Waals surface area contributed by atoms with E-state index < -0.39 is 0 Å². The number of allylic oxidation sites excluding steroid dienone is 3. The summed E-state index contributed by atoms with van der Waals surface area (Å²) in [5, 5.41) is 0.556. The van der Waals surface area contributed by atoms with Crippen LogP contribution in [-0.4, -0.2) is 12.5 Å². The van der Waals surface area contributed by atoms with Gasteiger partial charge < -0.3 is 0 Å². The second-order valence-electron chi connectivity index (χ2n) is 2.77. The Kier molecular flexibility index (Phi) is 4.36. The van der Waals surface area contributed by atoms with Crippen LogP contribution in [0.25, 0.3) is 0 Å². The second-order valence-corrected chi connectivity index (χ2v) is 4.56. The number of hydrogen-bond donors (Lipinski definition) is 0. The van der Waals surface area contributed by atoms with Crippen LogP contribution < -0.4 is 0 Å². The fraction of sp³-hybridized carbons (Fsp3) is 0.444. The number of carbonyl (C=O) groups is 1. The predicted molar refractivity (Wildman–Crippen MR) is 59.2 cm³/mol. The summed E-state index contributed by atoms with van der Waals surface area (Å²) in [6, 6.07) is 0. The highest BCUT2D eigenvalue weighted by atomic mass is 35.5. The van der Waals surface area contributed by atoms with E-state index in [4.69, 9.17) is 23.2 Å². The van der Waals surface area contributed by atoms with Crippen molar-refractivity contribution >= 4 is 41.2 Å². The van der Waals surface area contributed by atoms with Crippen molar-refractivity contribution < 1.29 is 4.79 Å². The van der Waals surface area contributed by atoms with Crippen LogP contribution in [0.5, 0.6) is 0 Å². The minimum atomic E-state index is 0.556. The third-order valence-corrected chi connectivity index (χ3v) is 3.75. The first-order chi connectivity index (χ1) is 6.20. The van der Waals surface area contributed by atoms with Crippen molar-refractivity contribution in [3.8, 4) is 0 Å². The molecule has 1 aliphatic carbocycles. The van der Waals surface area contributed by atoms with Gasteiger partial charge in [0.25, 0.3) is 0 Å². The molecule has 1 aliphatic rings. The van der Waals surface area contributed by atoms with Crippen LogP contribution in [0.1, 0.15) is 19.3 Å². The number of thioether (sulfide) groups is 1. The summed E-state index contributed by atoms with van der Waals surface area (Å²) in [5.41, 5.74) is 1.60. The summed E-state index contributed by atoms with van der Waals surface area (Å²) in [4.78, 5) is 10.6. The maximum absolute atomic E-state index is 10.6. The number of carbonyl (C=O) groups excluding carboxylic acids is 1. The lowest BCUT2D eigenvalue weighted by Gasteiger charge is -2.16. The third kappa shape index (κ3) is 2.52. The molecule has 0 aromatic carbocycles. The van der Waals surface area contributed by atoms with Gasteiger partial charge in [-0.3, -0.25) is 4.79 Å². The van der Waals surface area contributed by atoms with Crippen molar-refractivity contribution in [2.75, 3.05) is 6.26 Å². The van der Waals surface area contributed by atoms with E-state index in [1.807, 2.05) is 6.26 Å². The molecule has 4 heteroatoms. The molecular weight excluding hydrogens is 227 g/mol.